The lowest BCUT2D eigenvalue weighted by Gasteiger charge is -2.57. The van der Waals surface area contributed by atoms with Gasteiger partial charge in [0.2, 0.25) is 6.29 Å². The van der Waals surface area contributed by atoms with Gasteiger partial charge in [-0.1, -0.05) is 38.8 Å². The molecule has 4 heteroatoms. The summed E-state index contributed by atoms with van der Waals surface area (Å²) in [5.41, 5.74) is 2.08. The molecule has 1 aliphatic heterocycles. The number of aliphatic hydroxyl groups excluding tert-OH is 2. The highest BCUT2D eigenvalue weighted by Crippen LogP contribution is 2.60. The molecule has 24 heavy (non-hydrogen) atoms. The zero-order valence-corrected chi connectivity index (χ0v) is 15.2. The van der Waals surface area contributed by atoms with Gasteiger partial charge in [0.25, 0.3) is 0 Å². The first-order valence-corrected chi connectivity index (χ1v) is 9.10. The van der Waals surface area contributed by atoms with Gasteiger partial charge in [-0.3, -0.25) is 0 Å². The lowest BCUT2D eigenvalue weighted by molar-refractivity contribution is -0.152. The zero-order chi connectivity index (χ0) is 17.7. The number of carbonyl (C=O) groups excluding carboxylic acids is 1. The first-order valence-electron chi connectivity index (χ1n) is 9.10. The molecule has 4 nitrogen and oxygen atoms in total. The van der Waals surface area contributed by atoms with Gasteiger partial charge in [-0.2, -0.15) is 0 Å². The quantitative estimate of drug-likeness (QED) is 0.614. The predicted octanol–water partition coefficient (Wildman–Crippen LogP) is 3.34. The van der Waals surface area contributed by atoms with Crippen LogP contribution in [0.1, 0.15) is 59.8 Å². The monoisotopic (exact) mass is 334 g/mol. The summed E-state index contributed by atoms with van der Waals surface area (Å²) >= 11 is 0. The molecule has 3 rings (SSSR count). The lowest BCUT2D eigenvalue weighted by Crippen LogP contribution is -2.49. The minimum Gasteiger partial charge on any atom is -0.429 e. The van der Waals surface area contributed by atoms with Crippen molar-refractivity contribution in [2.45, 2.75) is 72.2 Å². The molecule has 2 N–H and O–H groups in total. The third-order valence-corrected chi connectivity index (χ3v) is 6.94. The van der Waals surface area contributed by atoms with Gasteiger partial charge >= 0.3 is 5.97 Å². The molecule has 0 radical (unpaired) electrons. The van der Waals surface area contributed by atoms with Crippen molar-refractivity contribution in [3.63, 3.8) is 0 Å². The van der Waals surface area contributed by atoms with Gasteiger partial charge in [0.15, 0.2) is 0 Å². The number of allylic oxidation sites excluding steroid dienone is 2. The molecule has 0 aromatic carbocycles. The second-order valence-electron chi connectivity index (χ2n) is 8.82. The zero-order valence-electron chi connectivity index (χ0n) is 15.2. The number of aliphatic hydroxyl groups is 2. The molecular formula is C20H30O4. The van der Waals surface area contributed by atoms with E-state index in [1.165, 1.54) is 30.9 Å². The molecule has 0 bridgehead atoms. The van der Waals surface area contributed by atoms with Crippen molar-refractivity contribution < 1.29 is 19.7 Å². The maximum atomic E-state index is 11.3. The van der Waals surface area contributed by atoms with E-state index in [0.717, 1.165) is 6.42 Å². The smallest absolute Gasteiger partial charge is 0.333 e. The highest BCUT2D eigenvalue weighted by atomic mass is 16.6. The van der Waals surface area contributed by atoms with Gasteiger partial charge in [0, 0.05) is 11.6 Å². The van der Waals surface area contributed by atoms with Gasteiger partial charge in [0.1, 0.15) is 0 Å². The van der Waals surface area contributed by atoms with Crippen LogP contribution >= 0.6 is 0 Å². The first kappa shape index (κ1) is 17.7. The lowest BCUT2D eigenvalue weighted by atomic mass is 9.48. The van der Waals surface area contributed by atoms with Gasteiger partial charge in [-0.05, 0) is 55.3 Å². The first-order chi connectivity index (χ1) is 11.1. The van der Waals surface area contributed by atoms with Crippen LogP contribution in [0.3, 0.4) is 0 Å². The Labute approximate surface area is 144 Å². The average molecular weight is 334 g/mol. The summed E-state index contributed by atoms with van der Waals surface area (Å²) in [6.07, 6.45) is 6.70. The van der Waals surface area contributed by atoms with Crippen molar-refractivity contribution in [1.82, 2.24) is 0 Å². The second kappa shape index (κ2) is 5.99. The van der Waals surface area contributed by atoms with Crippen molar-refractivity contribution >= 4 is 5.97 Å². The van der Waals surface area contributed by atoms with Crippen LogP contribution in [0.25, 0.3) is 0 Å². The largest absolute Gasteiger partial charge is 0.429 e. The summed E-state index contributed by atoms with van der Waals surface area (Å²) in [7, 11) is 0. The predicted molar refractivity (Wildman–Crippen MR) is 91.9 cm³/mol. The molecule has 0 amide bonds. The van der Waals surface area contributed by atoms with Crippen LogP contribution in [0.2, 0.25) is 0 Å². The van der Waals surface area contributed by atoms with E-state index >= 15 is 0 Å². The molecule has 1 saturated carbocycles. The Bertz CT molecular complexity index is 588. The molecule has 2 aliphatic carbocycles. The van der Waals surface area contributed by atoms with Crippen molar-refractivity contribution in [2.24, 2.45) is 22.7 Å². The van der Waals surface area contributed by atoms with Gasteiger partial charge in [0.05, 0.1) is 6.10 Å². The highest BCUT2D eigenvalue weighted by Gasteiger charge is 2.52. The van der Waals surface area contributed by atoms with Crippen LogP contribution in [0.5, 0.6) is 0 Å². The van der Waals surface area contributed by atoms with Crippen LogP contribution in [-0.4, -0.2) is 28.6 Å². The Hall–Kier alpha value is -1.13. The maximum Gasteiger partial charge on any atom is 0.333 e. The van der Waals surface area contributed by atoms with Crippen LogP contribution < -0.4 is 0 Å². The minimum absolute atomic E-state index is 0.149. The van der Waals surface area contributed by atoms with Crippen molar-refractivity contribution in [1.29, 1.82) is 0 Å². The van der Waals surface area contributed by atoms with Crippen LogP contribution in [0.15, 0.2) is 23.3 Å². The molecule has 1 heterocycles. The fourth-order valence-electron chi connectivity index (χ4n) is 5.63. The Kier molecular flexibility index (Phi) is 4.42. The van der Waals surface area contributed by atoms with Crippen LogP contribution in [-0.2, 0) is 9.53 Å². The molecule has 1 fully saturated rings. The van der Waals surface area contributed by atoms with E-state index < -0.39 is 18.4 Å². The van der Waals surface area contributed by atoms with E-state index in [1.807, 2.05) is 0 Å². The number of hydrogen-bond donors (Lipinski definition) is 2. The average Bonchev–Trinajstić information content (AvgIpc) is 2.80. The summed E-state index contributed by atoms with van der Waals surface area (Å²) in [5.74, 6) is 0.282. The van der Waals surface area contributed by atoms with Gasteiger partial charge in [-0.15, -0.1) is 0 Å². The molecular weight excluding hydrogens is 304 g/mol. The third kappa shape index (κ3) is 2.84. The number of rotatable bonds is 3. The molecule has 1 unspecified atom stereocenters. The highest BCUT2D eigenvalue weighted by molar-refractivity contribution is 5.85. The van der Waals surface area contributed by atoms with E-state index in [1.54, 1.807) is 0 Å². The normalized spacial score (nSPS) is 39.6. The van der Waals surface area contributed by atoms with Crippen LogP contribution in [0.4, 0.5) is 0 Å². The molecule has 0 saturated heterocycles. The fourth-order valence-corrected chi connectivity index (χ4v) is 5.63. The van der Waals surface area contributed by atoms with Gasteiger partial charge in [-0.25, -0.2) is 4.79 Å². The molecule has 3 aliphatic rings. The molecule has 5 atom stereocenters. The van der Waals surface area contributed by atoms with E-state index in [-0.39, 0.29) is 11.3 Å². The van der Waals surface area contributed by atoms with Crippen molar-refractivity contribution in [3.05, 3.63) is 23.3 Å². The number of esters is 1. The van der Waals surface area contributed by atoms with Crippen molar-refractivity contribution in [3.8, 4) is 0 Å². The van der Waals surface area contributed by atoms with E-state index in [9.17, 15) is 15.0 Å². The van der Waals surface area contributed by atoms with Gasteiger partial charge < -0.3 is 14.9 Å². The summed E-state index contributed by atoms with van der Waals surface area (Å²) in [6.45, 7) is 9.26. The number of cyclic esters (lactones) is 1. The minimum atomic E-state index is -1.30. The number of carbonyl (C=O) groups is 1. The Morgan fingerprint density at radius 1 is 1.33 bits per heavy atom. The van der Waals surface area contributed by atoms with Crippen molar-refractivity contribution in [2.75, 3.05) is 0 Å². The van der Waals surface area contributed by atoms with Crippen LogP contribution in [0, 0.1) is 22.7 Å². The van der Waals surface area contributed by atoms with E-state index in [4.69, 9.17) is 4.74 Å². The summed E-state index contributed by atoms with van der Waals surface area (Å²) < 4.78 is 4.73. The number of hydrogen-bond acceptors (Lipinski definition) is 4. The van der Waals surface area contributed by atoms with E-state index in [0.29, 0.717) is 23.3 Å². The standard InChI is InChI=1S/C20H30O4/c1-12-6-7-16-19(2,3)8-5-9-20(16,4)14(12)11-15(21)13-10-17(22)24-18(13)23/h6,10,14-16,18,21,23H,5,7-9,11H2,1-4H3/t14-,15+,16-,18?,20+/m1/s1. The Balaban J connectivity index is 1.86. The number of ether oxygens (including phenoxy) is 1. The maximum absolute atomic E-state index is 11.3. The molecule has 0 spiro atoms. The number of fused-ring (bicyclic) bond motifs is 1. The third-order valence-electron chi connectivity index (χ3n) is 6.94. The SMILES string of the molecule is CC1=CC[C@@H]2C(C)(C)CCC[C@@]2(C)[C@@H]1C[C@H](O)C1=CC(=O)OC1O. The molecule has 0 aromatic heterocycles. The summed E-state index contributed by atoms with van der Waals surface area (Å²) in [6, 6.07) is 0. The molecule has 0 aromatic rings. The molecule has 134 valence electrons. The Morgan fingerprint density at radius 2 is 2.04 bits per heavy atom. The second-order valence-corrected chi connectivity index (χ2v) is 8.82. The topological polar surface area (TPSA) is 66.8 Å². The summed E-state index contributed by atoms with van der Waals surface area (Å²) in [5, 5.41) is 20.5. The van der Waals surface area contributed by atoms with E-state index in [2.05, 4.69) is 33.8 Å². The summed E-state index contributed by atoms with van der Waals surface area (Å²) in [4.78, 5) is 11.3. The fraction of sp³-hybridized carbons (Fsp3) is 0.750. The Morgan fingerprint density at radius 3 is 2.67 bits per heavy atom.